The number of carboxylic acids is 1. The lowest BCUT2D eigenvalue weighted by molar-refractivity contribution is -0.143. The first-order valence-electron chi connectivity index (χ1n) is 12.5. The molecule has 2 heterocycles. The van der Waals surface area contributed by atoms with Gasteiger partial charge in [-0.25, -0.2) is 4.98 Å². The maximum Gasteiger partial charge on any atom is 0.306 e. The molecule has 0 radical (unpaired) electrons. The van der Waals surface area contributed by atoms with Crippen molar-refractivity contribution in [3.05, 3.63) is 59.4 Å². The van der Waals surface area contributed by atoms with Crippen LogP contribution in [0.2, 0.25) is 0 Å². The van der Waals surface area contributed by atoms with Crippen LogP contribution in [0.4, 0.5) is 5.69 Å². The summed E-state index contributed by atoms with van der Waals surface area (Å²) in [5, 5.41) is 9.72. The molecule has 1 aromatic heterocycles. The molecule has 1 aliphatic carbocycles. The first kappa shape index (κ1) is 22.0. The molecular weight excluding hydrogens is 410 g/mol. The summed E-state index contributed by atoms with van der Waals surface area (Å²) in [4.78, 5) is 19.5. The van der Waals surface area contributed by atoms with Gasteiger partial charge in [-0.1, -0.05) is 43.7 Å². The molecule has 2 aliphatic rings. The van der Waals surface area contributed by atoms with E-state index in [9.17, 15) is 9.90 Å². The van der Waals surface area contributed by atoms with Gasteiger partial charge in [0.05, 0.1) is 17.0 Å². The van der Waals surface area contributed by atoms with Gasteiger partial charge in [0.2, 0.25) is 0 Å². The molecule has 5 nitrogen and oxygen atoms in total. The first-order valence-corrected chi connectivity index (χ1v) is 12.5. The Labute approximate surface area is 196 Å². The SMILES string of the molecule is CC(Cc1ccccc1)c1nc2c3c(ccc2n1C1CCCC(C(=O)O)C1)N(C)C(C)CC3. The predicted molar refractivity (Wildman–Crippen MR) is 133 cm³/mol. The van der Waals surface area contributed by atoms with Gasteiger partial charge in [0.15, 0.2) is 0 Å². The van der Waals surface area contributed by atoms with Crippen LogP contribution in [0.3, 0.4) is 0 Å². The van der Waals surface area contributed by atoms with Crippen molar-refractivity contribution in [2.45, 2.75) is 76.8 Å². The van der Waals surface area contributed by atoms with E-state index in [1.165, 1.54) is 22.3 Å². The fourth-order valence-corrected chi connectivity index (χ4v) is 6.00. The Balaban J connectivity index is 1.62. The zero-order chi connectivity index (χ0) is 23.1. The third kappa shape index (κ3) is 4.03. The van der Waals surface area contributed by atoms with E-state index in [0.29, 0.717) is 12.5 Å². The second-order valence-corrected chi connectivity index (χ2v) is 10.2. The molecule has 1 N–H and O–H groups in total. The van der Waals surface area contributed by atoms with Gasteiger partial charge in [-0.05, 0) is 63.1 Å². The molecule has 1 saturated carbocycles. The molecule has 33 heavy (non-hydrogen) atoms. The van der Waals surface area contributed by atoms with Gasteiger partial charge in [-0.15, -0.1) is 0 Å². The van der Waals surface area contributed by atoms with Crippen LogP contribution in [0.25, 0.3) is 11.0 Å². The van der Waals surface area contributed by atoms with Crippen molar-refractivity contribution in [2.24, 2.45) is 5.92 Å². The number of aromatic nitrogens is 2. The second-order valence-electron chi connectivity index (χ2n) is 10.2. The number of anilines is 1. The summed E-state index contributed by atoms with van der Waals surface area (Å²) < 4.78 is 2.43. The van der Waals surface area contributed by atoms with E-state index in [0.717, 1.165) is 49.9 Å². The maximum atomic E-state index is 11.8. The summed E-state index contributed by atoms with van der Waals surface area (Å²) in [5.41, 5.74) is 6.26. The number of imidazole rings is 1. The van der Waals surface area contributed by atoms with E-state index in [1.807, 2.05) is 0 Å². The summed E-state index contributed by atoms with van der Waals surface area (Å²) in [7, 11) is 2.18. The van der Waals surface area contributed by atoms with Crippen LogP contribution in [0.5, 0.6) is 0 Å². The van der Waals surface area contributed by atoms with Gasteiger partial charge in [-0.3, -0.25) is 4.79 Å². The van der Waals surface area contributed by atoms with Crippen molar-refractivity contribution in [2.75, 3.05) is 11.9 Å². The van der Waals surface area contributed by atoms with Crippen molar-refractivity contribution in [3.63, 3.8) is 0 Å². The maximum absolute atomic E-state index is 11.8. The van der Waals surface area contributed by atoms with E-state index < -0.39 is 5.97 Å². The Morgan fingerprint density at radius 3 is 2.70 bits per heavy atom. The van der Waals surface area contributed by atoms with Crippen LogP contribution in [-0.4, -0.2) is 33.7 Å². The van der Waals surface area contributed by atoms with Gasteiger partial charge in [0, 0.05) is 36.3 Å². The molecule has 5 rings (SSSR count). The quantitative estimate of drug-likeness (QED) is 0.526. The van der Waals surface area contributed by atoms with Crippen molar-refractivity contribution in [1.82, 2.24) is 9.55 Å². The highest BCUT2D eigenvalue weighted by atomic mass is 16.4. The Hall–Kier alpha value is -2.82. The third-order valence-corrected chi connectivity index (χ3v) is 8.01. The Morgan fingerprint density at radius 2 is 1.94 bits per heavy atom. The molecule has 0 bridgehead atoms. The number of aryl methyl sites for hydroxylation is 1. The average Bonchev–Trinajstić information content (AvgIpc) is 3.22. The highest BCUT2D eigenvalue weighted by Gasteiger charge is 2.32. The summed E-state index contributed by atoms with van der Waals surface area (Å²) in [6, 6.07) is 15.8. The minimum absolute atomic E-state index is 0.191. The largest absolute Gasteiger partial charge is 0.481 e. The third-order valence-electron chi connectivity index (χ3n) is 8.01. The number of benzene rings is 2. The van der Waals surface area contributed by atoms with Crippen LogP contribution in [-0.2, 0) is 17.6 Å². The molecule has 5 heteroatoms. The summed E-state index contributed by atoms with van der Waals surface area (Å²) in [5.74, 6) is 0.444. The summed E-state index contributed by atoms with van der Waals surface area (Å²) >= 11 is 0. The van der Waals surface area contributed by atoms with Crippen LogP contribution in [0.15, 0.2) is 42.5 Å². The molecule has 4 atom stereocenters. The monoisotopic (exact) mass is 445 g/mol. The van der Waals surface area contributed by atoms with Gasteiger partial charge >= 0.3 is 5.97 Å². The van der Waals surface area contributed by atoms with Crippen LogP contribution in [0.1, 0.15) is 74.9 Å². The molecule has 0 spiro atoms. The Morgan fingerprint density at radius 1 is 1.15 bits per heavy atom. The molecule has 1 fully saturated rings. The lowest BCUT2D eigenvalue weighted by Crippen LogP contribution is -2.33. The highest BCUT2D eigenvalue weighted by Crippen LogP contribution is 2.41. The summed E-state index contributed by atoms with van der Waals surface area (Å²) in [6.45, 7) is 4.55. The highest BCUT2D eigenvalue weighted by molar-refractivity contribution is 5.86. The van der Waals surface area contributed by atoms with Crippen molar-refractivity contribution >= 4 is 22.7 Å². The number of aliphatic carboxylic acids is 1. The van der Waals surface area contributed by atoms with Crippen LogP contribution >= 0.6 is 0 Å². The van der Waals surface area contributed by atoms with Crippen molar-refractivity contribution in [1.29, 1.82) is 0 Å². The number of rotatable bonds is 5. The minimum atomic E-state index is -0.656. The predicted octanol–water partition coefficient (Wildman–Crippen LogP) is 5.97. The van der Waals surface area contributed by atoms with Gasteiger partial charge in [0.1, 0.15) is 5.82 Å². The minimum Gasteiger partial charge on any atom is -0.481 e. The zero-order valence-corrected chi connectivity index (χ0v) is 20.0. The molecule has 0 saturated heterocycles. The fraction of sp³-hybridized carbons (Fsp3) is 0.500. The molecular formula is C28H35N3O2. The molecule has 2 aromatic carbocycles. The molecule has 0 amide bonds. The van der Waals surface area contributed by atoms with E-state index in [4.69, 9.17) is 4.98 Å². The van der Waals surface area contributed by atoms with E-state index in [1.54, 1.807) is 0 Å². The number of nitrogens with zero attached hydrogens (tertiary/aromatic N) is 3. The van der Waals surface area contributed by atoms with E-state index in [2.05, 4.69) is 72.8 Å². The summed E-state index contributed by atoms with van der Waals surface area (Å²) in [6.07, 6.45) is 6.57. The number of fused-ring (bicyclic) bond motifs is 3. The molecule has 1 aliphatic heterocycles. The van der Waals surface area contributed by atoms with Gasteiger partial charge in [-0.2, -0.15) is 0 Å². The fourth-order valence-electron chi connectivity index (χ4n) is 6.00. The van der Waals surface area contributed by atoms with Crippen LogP contribution in [0, 0.1) is 5.92 Å². The zero-order valence-electron chi connectivity index (χ0n) is 20.0. The second kappa shape index (κ2) is 8.85. The standard InChI is InChI=1S/C28H35N3O2/c1-18(16-20-8-5-4-6-9-20)27-29-26-23-13-12-19(2)30(3)24(23)14-15-25(26)31(27)22-11-7-10-21(17-22)28(32)33/h4-6,8-9,14-15,18-19,21-22H,7,10-13,16-17H2,1-3H3,(H,32,33). The number of carboxylic acid groups (broad SMARTS) is 1. The lowest BCUT2D eigenvalue weighted by atomic mass is 9.85. The Bertz CT molecular complexity index is 1150. The Kier molecular flexibility index (Phi) is 5.90. The topological polar surface area (TPSA) is 58.4 Å². The van der Waals surface area contributed by atoms with Gasteiger partial charge in [0.25, 0.3) is 0 Å². The van der Waals surface area contributed by atoms with Crippen molar-refractivity contribution in [3.8, 4) is 0 Å². The molecule has 4 unspecified atom stereocenters. The normalized spacial score (nSPS) is 24.0. The average molecular weight is 446 g/mol. The molecule has 3 aromatic rings. The lowest BCUT2D eigenvalue weighted by Gasteiger charge is -2.34. The first-order chi connectivity index (χ1) is 15.9. The molecule has 174 valence electrons. The van der Waals surface area contributed by atoms with Gasteiger partial charge < -0.3 is 14.6 Å². The number of hydrogen-bond acceptors (Lipinski definition) is 3. The number of hydrogen-bond donors (Lipinski definition) is 1. The number of carbonyl (C=O) groups is 1. The van der Waals surface area contributed by atoms with E-state index in [-0.39, 0.29) is 17.9 Å². The van der Waals surface area contributed by atoms with Crippen molar-refractivity contribution < 1.29 is 9.90 Å². The smallest absolute Gasteiger partial charge is 0.306 e. The van der Waals surface area contributed by atoms with Crippen LogP contribution < -0.4 is 4.90 Å². The van der Waals surface area contributed by atoms with E-state index >= 15 is 0 Å².